The summed E-state index contributed by atoms with van der Waals surface area (Å²) in [4.78, 5) is 57.3. The molecule has 50 heavy (non-hydrogen) atoms. The van der Waals surface area contributed by atoms with Crippen LogP contribution in [0.5, 0.6) is 5.75 Å². The molecule has 0 aliphatic carbocycles. The van der Waals surface area contributed by atoms with E-state index >= 15 is 0 Å². The number of hydrogen-bond acceptors (Lipinski definition) is 8. The number of primary amides is 1. The molecule has 2 aromatic carbocycles. The largest absolute Gasteiger partial charge is 0.508 e. The van der Waals surface area contributed by atoms with E-state index in [1.807, 2.05) is 65.0 Å². The number of aromatic hydroxyl groups is 1. The van der Waals surface area contributed by atoms with E-state index in [1.165, 1.54) is 5.56 Å². The Morgan fingerprint density at radius 2 is 1.46 bits per heavy atom. The minimum atomic E-state index is -0.826. The van der Waals surface area contributed by atoms with Gasteiger partial charge in [0.25, 0.3) is 0 Å². The second kappa shape index (κ2) is 22.9. The molecule has 0 aromatic heterocycles. The molecule has 0 spiro atoms. The lowest BCUT2D eigenvalue weighted by Crippen LogP contribution is -2.52. The van der Waals surface area contributed by atoms with Crippen LogP contribution < -0.4 is 27.0 Å². The Hall–Kier alpha value is -4.65. The maximum atomic E-state index is 12.7. The summed E-state index contributed by atoms with van der Waals surface area (Å²) < 4.78 is 9.85. The lowest BCUT2D eigenvalue weighted by molar-refractivity contribution is -0.130. The number of benzene rings is 2. The molecule has 7 N–H and O–H groups in total. The molecule has 0 fully saturated rings. The predicted octanol–water partition coefficient (Wildman–Crippen LogP) is 3.74. The summed E-state index contributed by atoms with van der Waals surface area (Å²) in [6.07, 6.45) is 1.98. The molecule has 0 unspecified atom stereocenters. The van der Waals surface area contributed by atoms with Gasteiger partial charge in [-0.15, -0.1) is 0 Å². The fraction of sp³-hybridized carbons (Fsp3) is 0.541. The van der Waals surface area contributed by atoms with Gasteiger partial charge in [0.15, 0.2) is 0 Å². The molecule has 0 aliphatic rings. The summed E-state index contributed by atoms with van der Waals surface area (Å²) in [5.74, 6) is -1.01. The second-order valence-electron chi connectivity index (χ2n) is 13.7. The number of hydrogen-bond donors (Lipinski definition) is 6. The number of aryl methyl sites for hydroxylation is 3. The summed E-state index contributed by atoms with van der Waals surface area (Å²) in [7, 11) is 1.71. The van der Waals surface area contributed by atoms with E-state index in [2.05, 4.69) is 21.3 Å². The molecule has 13 nitrogen and oxygen atoms in total. The summed E-state index contributed by atoms with van der Waals surface area (Å²) in [5, 5.41) is 20.1. The number of nitrogens with two attached hydrogens (primary N) is 1. The molecular formula is C37H59N5O8. The van der Waals surface area contributed by atoms with Crippen LogP contribution in [0.3, 0.4) is 0 Å². The highest BCUT2D eigenvalue weighted by Gasteiger charge is 2.24. The zero-order chi connectivity index (χ0) is 38.5. The van der Waals surface area contributed by atoms with Crippen molar-refractivity contribution >= 4 is 30.2 Å². The van der Waals surface area contributed by atoms with Crippen molar-refractivity contribution in [3.05, 3.63) is 64.7 Å². The first-order valence-electron chi connectivity index (χ1n) is 16.6. The van der Waals surface area contributed by atoms with Crippen molar-refractivity contribution in [2.75, 3.05) is 20.2 Å². The maximum absolute atomic E-state index is 12.7. The van der Waals surface area contributed by atoms with Gasteiger partial charge in [-0.05, 0) is 110 Å². The number of carbonyl (C=O) groups is 5. The van der Waals surface area contributed by atoms with E-state index in [-0.39, 0.29) is 36.6 Å². The van der Waals surface area contributed by atoms with Crippen molar-refractivity contribution in [3.63, 3.8) is 0 Å². The van der Waals surface area contributed by atoms with Gasteiger partial charge in [0.2, 0.25) is 24.1 Å². The Morgan fingerprint density at radius 3 is 1.94 bits per heavy atom. The van der Waals surface area contributed by atoms with Crippen LogP contribution in [0.2, 0.25) is 0 Å². The minimum absolute atomic E-state index is 0.0417. The molecule has 5 amide bonds. The van der Waals surface area contributed by atoms with Crippen molar-refractivity contribution < 1.29 is 38.6 Å². The van der Waals surface area contributed by atoms with Gasteiger partial charge in [0.1, 0.15) is 23.4 Å². The van der Waals surface area contributed by atoms with Gasteiger partial charge >= 0.3 is 6.09 Å². The van der Waals surface area contributed by atoms with Gasteiger partial charge in [-0.25, -0.2) is 4.79 Å². The van der Waals surface area contributed by atoms with E-state index in [1.54, 1.807) is 46.9 Å². The fourth-order valence-corrected chi connectivity index (χ4v) is 4.09. The Kier molecular flexibility index (Phi) is 20.8. The quantitative estimate of drug-likeness (QED) is 0.126. The molecule has 0 heterocycles. The van der Waals surface area contributed by atoms with Crippen molar-refractivity contribution in [1.82, 2.24) is 21.3 Å². The summed E-state index contributed by atoms with van der Waals surface area (Å²) in [6.45, 7) is 17.4. The first-order valence-corrected chi connectivity index (χ1v) is 16.6. The minimum Gasteiger partial charge on any atom is -0.508 e. The standard InChI is InChI=1S/C24H31N3O4.C8H16N2O3.C5H12O/c1-16-12-20(29)13-17(2)21(16)14-22(26-15-28)24(31)27-18(3)23(30)25-11-7-10-19-8-5-4-6-9-19;1-8(2,3)13-7(12)10-5-4-6(9)11;1-5(2,3)6-4/h4-6,8-9,12-13,15,18,22,29H,7,10-11,14H2,1-3H3,(H,25,30)(H,26,28)(H,27,31);4-5H2,1-3H3,(H2,9,11)(H,10,12);1-4H3/t18-,22+;;/m1../s1. The monoisotopic (exact) mass is 701 g/mol. The average molecular weight is 702 g/mol. The summed E-state index contributed by atoms with van der Waals surface area (Å²) in [5.41, 5.74) is 8.13. The molecule has 0 saturated carbocycles. The average Bonchev–Trinajstić information content (AvgIpc) is 3.00. The van der Waals surface area contributed by atoms with Crippen LogP contribution >= 0.6 is 0 Å². The molecule has 0 saturated heterocycles. The lowest BCUT2D eigenvalue weighted by Gasteiger charge is -2.21. The Morgan fingerprint density at radius 1 is 0.900 bits per heavy atom. The molecular weight excluding hydrogens is 642 g/mol. The van der Waals surface area contributed by atoms with Gasteiger partial charge < -0.3 is 41.6 Å². The molecule has 2 atom stereocenters. The van der Waals surface area contributed by atoms with Crippen molar-refractivity contribution in [1.29, 1.82) is 0 Å². The van der Waals surface area contributed by atoms with Gasteiger partial charge in [-0.1, -0.05) is 30.3 Å². The number of amides is 5. The van der Waals surface area contributed by atoms with E-state index in [9.17, 15) is 29.1 Å². The predicted molar refractivity (Wildman–Crippen MR) is 194 cm³/mol. The van der Waals surface area contributed by atoms with Gasteiger partial charge in [0.05, 0.1) is 5.60 Å². The number of ether oxygens (including phenoxy) is 2. The summed E-state index contributed by atoms with van der Waals surface area (Å²) >= 11 is 0. The van der Waals surface area contributed by atoms with Crippen LogP contribution in [0.1, 0.15) is 83.6 Å². The highest BCUT2D eigenvalue weighted by Crippen LogP contribution is 2.22. The van der Waals surface area contributed by atoms with Gasteiger partial charge in [-0.2, -0.15) is 0 Å². The van der Waals surface area contributed by atoms with Crippen molar-refractivity contribution in [2.24, 2.45) is 5.73 Å². The van der Waals surface area contributed by atoms with E-state index in [0.29, 0.717) is 13.0 Å². The van der Waals surface area contributed by atoms with Crippen LogP contribution in [0.25, 0.3) is 0 Å². The third-order valence-corrected chi connectivity index (χ3v) is 6.86. The Labute approximate surface area is 297 Å². The smallest absolute Gasteiger partial charge is 0.407 e. The zero-order valence-electron chi connectivity index (χ0n) is 31.4. The topological polar surface area (TPSA) is 198 Å². The lowest BCUT2D eigenvalue weighted by atomic mass is 9.95. The zero-order valence-corrected chi connectivity index (χ0v) is 31.4. The number of alkyl carbamates (subject to hydrolysis) is 1. The second-order valence-corrected chi connectivity index (χ2v) is 13.7. The van der Waals surface area contributed by atoms with Gasteiger partial charge in [0, 0.05) is 33.0 Å². The number of phenols is 1. The number of carbonyl (C=O) groups excluding carboxylic acids is 5. The first-order chi connectivity index (χ1) is 23.2. The molecule has 2 aromatic rings. The number of methoxy groups -OCH3 is 1. The van der Waals surface area contributed by atoms with E-state index < -0.39 is 35.6 Å². The summed E-state index contributed by atoms with van der Waals surface area (Å²) in [6, 6.07) is 11.7. The molecule has 280 valence electrons. The highest BCUT2D eigenvalue weighted by atomic mass is 16.6. The van der Waals surface area contributed by atoms with E-state index in [4.69, 9.17) is 15.2 Å². The van der Waals surface area contributed by atoms with Crippen LogP contribution in [-0.2, 0) is 41.5 Å². The molecule has 13 heteroatoms. The number of nitrogens with one attached hydrogen (secondary N) is 4. The van der Waals surface area contributed by atoms with Gasteiger partial charge in [-0.3, -0.25) is 19.2 Å². The Balaban J connectivity index is 0.00000104. The van der Waals surface area contributed by atoms with E-state index in [0.717, 1.165) is 29.5 Å². The molecule has 2 rings (SSSR count). The first kappa shape index (κ1) is 45.3. The fourth-order valence-electron chi connectivity index (χ4n) is 4.09. The van der Waals surface area contributed by atoms with Crippen LogP contribution in [0, 0.1) is 13.8 Å². The van der Waals surface area contributed by atoms with Crippen molar-refractivity contribution in [2.45, 2.75) is 111 Å². The molecule has 0 aliphatic heterocycles. The van der Waals surface area contributed by atoms with Crippen LogP contribution in [0.15, 0.2) is 42.5 Å². The third-order valence-electron chi connectivity index (χ3n) is 6.86. The third kappa shape index (κ3) is 22.1. The SMILES string of the molecule is CC(C)(C)OC(=O)NCCC(N)=O.COC(C)(C)C.Cc1cc(O)cc(C)c1C[C@H](NC=O)C(=O)N[C@H](C)C(=O)NCCCc1ccccc1. The van der Waals surface area contributed by atoms with Crippen molar-refractivity contribution in [3.8, 4) is 5.75 Å². The molecule has 0 bridgehead atoms. The number of phenolic OH excluding ortho intramolecular Hbond substituents is 1. The van der Waals surface area contributed by atoms with Crippen LogP contribution in [-0.4, -0.2) is 78.8 Å². The maximum Gasteiger partial charge on any atom is 0.407 e. The normalized spacial score (nSPS) is 12.0. The highest BCUT2D eigenvalue weighted by molar-refractivity contribution is 5.90. The Bertz CT molecular complexity index is 1330. The van der Waals surface area contributed by atoms with Crippen LogP contribution in [0.4, 0.5) is 4.79 Å². The molecule has 0 radical (unpaired) electrons. The number of rotatable bonds is 14.